The van der Waals surface area contributed by atoms with Gasteiger partial charge in [-0.15, -0.1) is 0 Å². The van der Waals surface area contributed by atoms with Gasteiger partial charge >= 0.3 is 0 Å². The lowest BCUT2D eigenvalue weighted by Crippen LogP contribution is -3.28. The zero-order chi connectivity index (χ0) is 18.4. The quantitative estimate of drug-likeness (QED) is 0.650. The van der Waals surface area contributed by atoms with Gasteiger partial charge in [0.15, 0.2) is 6.54 Å². The van der Waals surface area contributed by atoms with Gasteiger partial charge < -0.3 is 19.9 Å². The molecule has 1 aromatic carbocycles. The average molecular weight is 362 g/mol. The zero-order valence-corrected chi connectivity index (χ0v) is 16.4. The van der Waals surface area contributed by atoms with Crippen LogP contribution in [0.4, 0.5) is 0 Å². The summed E-state index contributed by atoms with van der Waals surface area (Å²) in [6.45, 7) is 8.40. The molecule has 1 aromatic rings. The number of hydrogen-bond donors (Lipinski definition) is 3. The lowest BCUT2D eigenvalue weighted by Gasteiger charge is -2.32. The SMILES string of the molecule is COc1ccc(C[NH+]2CC[NH+](CC(=O)N[C@@H]3CCCC[C@@H]3C)CC2)cc1. The van der Waals surface area contributed by atoms with Crippen LogP contribution in [-0.4, -0.2) is 51.8 Å². The Labute approximate surface area is 157 Å². The molecule has 3 N–H and O–H groups in total. The topological polar surface area (TPSA) is 47.2 Å². The highest BCUT2D eigenvalue weighted by molar-refractivity contribution is 5.77. The van der Waals surface area contributed by atoms with Crippen LogP contribution in [-0.2, 0) is 11.3 Å². The number of rotatable bonds is 6. The minimum atomic E-state index is 0.248. The number of nitrogens with one attached hydrogen (secondary N) is 3. The molecule has 2 atom stereocenters. The molecule has 0 unspecified atom stereocenters. The molecular formula is C21H35N3O2+2. The molecule has 1 heterocycles. The number of hydrogen-bond acceptors (Lipinski definition) is 2. The zero-order valence-electron chi connectivity index (χ0n) is 16.4. The summed E-state index contributed by atoms with van der Waals surface area (Å²) in [5.41, 5.74) is 1.35. The van der Waals surface area contributed by atoms with Gasteiger partial charge in [0.25, 0.3) is 5.91 Å². The number of quaternary nitrogens is 2. The first kappa shape index (κ1) is 19.2. The largest absolute Gasteiger partial charge is 0.497 e. The van der Waals surface area contributed by atoms with Crippen LogP contribution in [0.1, 0.15) is 38.2 Å². The van der Waals surface area contributed by atoms with Crippen molar-refractivity contribution < 1.29 is 19.3 Å². The van der Waals surface area contributed by atoms with Gasteiger partial charge in [-0.25, -0.2) is 0 Å². The van der Waals surface area contributed by atoms with E-state index in [0.717, 1.165) is 44.9 Å². The Bertz CT molecular complexity index is 567. The third kappa shape index (κ3) is 5.45. The van der Waals surface area contributed by atoms with Crippen molar-refractivity contribution in [2.45, 2.75) is 45.2 Å². The van der Waals surface area contributed by atoms with Crippen molar-refractivity contribution in [3.63, 3.8) is 0 Å². The lowest BCUT2D eigenvalue weighted by atomic mass is 9.86. The van der Waals surface area contributed by atoms with Crippen LogP contribution in [0.5, 0.6) is 5.75 Å². The standard InChI is InChI=1S/C21H33N3O2/c1-17-5-3-4-6-20(17)22-21(25)16-24-13-11-23(12-14-24)15-18-7-9-19(26-2)10-8-18/h7-10,17,20H,3-6,11-16H2,1-2H3,(H,22,25)/p+2/t17-,20+/m0/s1. The molecule has 1 saturated heterocycles. The van der Waals surface area contributed by atoms with E-state index in [-0.39, 0.29) is 5.91 Å². The Morgan fingerprint density at radius 3 is 2.38 bits per heavy atom. The number of piperazine rings is 1. The second-order valence-electron chi connectivity index (χ2n) is 8.14. The first-order valence-corrected chi connectivity index (χ1v) is 10.2. The maximum atomic E-state index is 12.4. The molecule has 2 aliphatic rings. The van der Waals surface area contributed by atoms with Gasteiger partial charge in [0.05, 0.1) is 7.11 Å². The van der Waals surface area contributed by atoms with Gasteiger partial charge in [-0.05, 0) is 43.0 Å². The molecule has 5 heteroatoms. The second-order valence-corrected chi connectivity index (χ2v) is 8.14. The van der Waals surface area contributed by atoms with Gasteiger partial charge in [0.2, 0.25) is 0 Å². The van der Waals surface area contributed by atoms with Crippen LogP contribution in [0.15, 0.2) is 24.3 Å². The minimum absolute atomic E-state index is 0.248. The van der Waals surface area contributed by atoms with Crippen molar-refractivity contribution >= 4 is 5.91 Å². The number of ether oxygens (including phenoxy) is 1. The van der Waals surface area contributed by atoms with Crippen molar-refractivity contribution in [3.05, 3.63) is 29.8 Å². The molecule has 1 saturated carbocycles. The number of carbonyl (C=O) groups is 1. The van der Waals surface area contributed by atoms with E-state index in [1.54, 1.807) is 12.0 Å². The highest BCUT2D eigenvalue weighted by atomic mass is 16.5. The summed E-state index contributed by atoms with van der Waals surface area (Å²) in [4.78, 5) is 15.5. The van der Waals surface area contributed by atoms with Crippen molar-refractivity contribution in [2.24, 2.45) is 5.92 Å². The number of amides is 1. The predicted octanol–water partition coefficient (Wildman–Crippen LogP) is -0.326. The Hall–Kier alpha value is -1.59. The molecule has 1 aliphatic carbocycles. The van der Waals surface area contributed by atoms with E-state index in [2.05, 4.69) is 24.4 Å². The molecule has 1 aliphatic heterocycles. The fourth-order valence-electron chi connectivity index (χ4n) is 4.36. The van der Waals surface area contributed by atoms with Crippen LogP contribution < -0.4 is 19.9 Å². The van der Waals surface area contributed by atoms with E-state index < -0.39 is 0 Å². The summed E-state index contributed by atoms with van der Waals surface area (Å²) in [5.74, 6) is 1.79. The third-order valence-electron chi connectivity index (χ3n) is 6.15. The number of benzene rings is 1. The Kier molecular flexibility index (Phi) is 6.92. The van der Waals surface area contributed by atoms with E-state index in [1.807, 2.05) is 12.1 Å². The van der Waals surface area contributed by atoms with Gasteiger partial charge in [-0.3, -0.25) is 4.79 Å². The summed E-state index contributed by atoms with van der Waals surface area (Å²) >= 11 is 0. The van der Waals surface area contributed by atoms with E-state index in [0.29, 0.717) is 18.5 Å². The van der Waals surface area contributed by atoms with Crippen LogP contribution >= 0.6 is 0 Å². The normalized spacial score (nSPS) is 29.2. The van der Waals surface area contributed by atoms with Crippen LogP contribution in [0, 0.1) is 5.92 Å². The molecule has 144 valence electrons. The van der Waals surface area contributed by atoms with Gasteiger partial charge in [-0.2, -0.15) is 0 Å². The van der Waals surface area contributed by atoms with Crippen LogP contribution in [0.3, 0.4) is 0 Å². The number of methoxy groups -OCH3 is 1. The Balaban J connectivity index is 1.38. The molecule has 26 heavy (non-hydrogen) atoms. The van der Waals surface area contributed by atoms with Crippen molar-refractivity contribution in [3.8, 4) is 5.75 Å². The third-order valence-corrected chi connectivity index (χ3v) is 6.15. The maximum Gasteiger partial charge on any atom is 0.275 e. The van der Waals surface area contributed by atoms with Gasteiger partial charge in [0.1, 0.15) is 38.5 Å². The summed E-state index contributed by atoms with van der Waals surface area (Å²) in [6, 6.07) is 8.78. The van der Waals surface area contributed by atoms with Crippen molar-refractivity contribution in [2.75, 3.05) is 39.8 Å². The second kappa shape index (κ2) is 9.38. The van der Waals surface area contributed by atoms with E-state index >= 15 is 0 Å². The summed E-state index contributed by atoms with van der Waals surface area (Å²) < 4.78 is 5.22. The van der Waals surface area contributed by atoms with E-state index in [9.17, 15) is 4.79 Å². The molecular weight excluding hydrogens is 326 g/mol. The monoisotopic (exact) mass is 361 g/mol. The van der Waals surface area contributed by atoms with Gasteiger partial charge in [0, 0.05) is 11.6 Å². The fraction of sp³-hybridized carbons (Fsp3) is 0.667. The summed E-state index contributed by atoms with van der Waals surface area (Å²) in [7, 11) is 1.70. The highest BCUT2D eigenvalue weighted by Crippen LogP contribution is 2.23. The molecule has 0 aromatic heterocycles. The van der Waals surface area contributed by atoms with Crippen molar-refractivity contribution in [1.82, 2.24) is 5.32 Å². The molecule has 1 amide bonds. The molecule has 3 rings (SSSR count). The van der Waals surface area contributed by atoms with Crippen LogP contribution in [0.2, 0.25) is 0 Å². The first-order valence-electron chi connectivity index (χ1n) is 10.2. The predicted molar refractivity (Wildman–Crippen MR) is 103 cm³/mol. The lowest BCUT2D eigenvalue weighted by molar-refractivity contribution is -1.02. The van der Waals surface area contributed by atoms with Crippen molar-refractivity contribution in [1.29, 1.82) is 0 Å². The summed E-state index contributed by atoms with van der Waals surface area (Å²) in [5, 5.41) is 3.30. The molecule has 0 spiro atoms. The smallest absolute Gasteiger partial charge is 0.275 e. The maximum absolute atomic E-state index is 12.4. The molecule has 0 bridgehead atoms. The van der Waals surface area contributed by atoms with E-state index in [4.69, 9.17) is 4.74 Å². The fourth-order valence-corrected chi connectivity index (χ4v) is 4.36. The highest BCUT2D eigenvalue weighted by Gasteiger charge is 2.27. The van der Waals surface area contributed by atoms with Gasteiger partial charge in [-0.1, -0.05) is 19.8 Å². The molecule has 5 nitrogen and oxygen atoms in total. The molecule has 0 radical (unpaired) electrons. The van der Waals surface area contributed by atoms with E-state index in [1.165, 1.54) is 29.7 Å². The molecule has 2 fully saturated rings. The minimum Gasteiger partial charge on any atom is -0.497 e. The number of carbonyl (C=O) groups excluding carboxylic acids is 1. The first-order chi connectivity index (χ1) is 12.6. The van der Waals surface area contributed by atoms with Crippen LogP contribution in [0.25, 0.3) is 0 Å². The average Bonchev–Trinajstić information content (AvgIpc) is 2.66. The Morgan fingerprint density at radius 1 is 1.08 bits per heavy atom. The Morgan fingerprint density at radius 2 is 1.73 bits per heavy atom. The summed E-state index contributed by atoms with van der Waals surface area (Å²) in [6.07, 6.45) is 4.99.